The van der Waals surface area contributed by atoms with E-state index in [1.807, 2.05) is 0 Å². The maximum atomic E-state index is 2.41. The fraction of sp³-hybridized carbons (Fsp3) is 0.818. The smallest absolute Gasteiger partial charge is 0.0302 e. The summed E-state index contributed by atoms with van der Waals surface area (Å²) in [6.07, 6.45) is 2.18. The molecule has 2 heteroatoms. The van der Waals surface area contributed by atoms with Gasteiger partial charge in [-0.25, -0.2) is 0 Å². The highest BCUT2D eigenvalue weighted by Crippen LogP contribution is 2.01. The van der Waals surface area contributed by atoms with Crippen LogP contribution in [0.25, 0.3) is 0 Å². The lowest BCUT2D eigenvalue weighted by Crippen LogP contribution is -2.32. The van der Waals surface area contributed by atoms with Crippen molar-refractivity contribution >= 4 is 0 Å². The second kappa shape index (κ2) is 6.96. The third-order valence-corrected chi connectivity index (χ3v) is 2.59. The number of allylic oxidation sites excluding steroid dienone is 2. The van der Waals surface area contributed by atoms with Crippen LogP contribution in [0.2, 0.25) is 0 Å². The Bertz CT molecular complexity index is 152. The molecule has 0 aliphatic heterocycles. The fourth-order valence-electron chi connectivity index (χ4n) is 1.22. The number of hydrogen-bond donors (Lipinski definition) is 0. The second-order valence-corrected chi connectivity index (χ2v) is 3.41. The normalized spacial score (nSPS) is 12.3. The van der Waals surface area contributed by atoms with E-state index in [0.717, 1.165) is 26.2 Å². The van der Waals surface area contributed by atoms with Crippen molar-refractivity contribution in [3.05, 3.63) is 11.8 Å². The number of hydrogen-bond acceptors (Lipinski definition) is 2. The Balaban J connectivity index is 3.85. The SMILES string of the molecule is CC=C(C)N(CC)CCN(C)CC. The molecule has 0 aromatic carbocycles. The predicted molar refractivity (Wildman–Crippen MR) is 59.8 cm³/mol. The minimum absolute atomic E-state index is 1.10. The second-order valence-electron chi connectivity index (χ2n) is 3.41. The fourth-order valence-corrected chi connectivity index (χ4v) is 1.22. The van der Waals surface area contributed by atoms with Crippen LogP contribution in [0, 0.1) is 0 Å². The van der Waals surface area contributed by atoms with Crippen molar-refractivity contribution in [2.24, 2.45) is 0 Å². The van der Waals surface area contributed by atoms with Gasteiger partial charge in [0, 0.05) is 25.3 Å². The van der Waals surface area contributed by atoms with Gasteiger partial charge in [-0.1, -0.05) is 13.0 Å². The molecular formula is C11H24N2. The third kappa shape index (κ3) is 4.94. The zero-order valence-electron chi connectivity index (χ0n) is 9.80. The highest BCUT2D eigenvalue weighted by molar-refractivity contribution is 4.94. The largest absolute Gasteiger partial charge is 0.374 e. The Morgan fingerprint density at radius 1 is 1.15 bits per heavy atom. The Kier molecular flexibility index (Phi) is 6.69. The van der Waals surface area contributed by atoms with E-state index < -0.39 is 0 Å². The van der Waals surface area contributed by atoms with Gasteiger partial charge in [-0.2, -0.15) is 0 Å². The molecule has 0 fully saturated rings. The van der Waals surface area contributed by atoms with Crippen molar-refractivity contribution in [1.82, 2.24) is 9.80 Å². The Hall–Kier alpha value is -0.500. The van der Waals surface area contributed by atoms with E-state index in [9.17, 15) is 0 Å². The first-order valence-electron chi connectivity index (χ1n) is 5.22. The van der Waals surface area contributed by atoms with Crippen LogP contribution in [-0.4, -0.2) is 43.0 Å². The van der Waals surface area contributed by atoms with Gasteiger partial charge in [0.2, 0.25) is 0 Å². The van der Waals surface area contributed by atoms with E-state index in [2.05, 4.69) is 50.6 Å². The Morgan fingerprint density at radius 3 is 2.15 bits per heavy atom. The maximum absolute atomic E-state index is 2.41. The molecular weight excluding hydrogens is 160 g/mol. The van der Waals surface area contributed by atoms with Gasteiger partial charge in [0.15, 0.2) is 0 Å². The quantitative estimate of drug-likeness (QED) is 0.624. The van der Waals surface area contributed by atoms with Gasteiger partial charge in [0.1, 0.15) is 0 Å². The summed E-state index contributed by atoms with van der Waals surface area (Å²) in [5, 5.41) is 0. The van der Waals surface area contributed by atoms with Crippen molar-refractivity contribution in [3.63, 3.8) is 0 Å². The summed E-state index contributed by atoms with van der Waals surface area (Å²) in [5.74, 6) is 0. The maximum Gasteiger partial charge on any atom is 0.0302 e. The van der Waals surface area contributed by atoms with Crippen molar-refractivity contribution in [2.75, 3.05) is 33.2 Å². The van der Waals surface area contributed by atoms with Gasteiger partial charge in [0.05, 0.1) is 0 Å². The number of nitrogens with zero attached hydrogens (tertiary/aromatic N) is 2. The van der Waals surface area contributed by atoms with E-state index in [1.54, 1.807) is 0 Å². The van der Waals surface area contributed by atoms with Crippen LogP contribution in [0.15, 0.2) is 11.8 Å². The molecule has 0 spiro atoms. The molecule has 0 bridgehead atoms. The summed E-state index contributed by atoms with van der Waals surface area (Å²) >= 11 is 0. The van der Waals surface area contributed by atoms with Crippen molar-refractivity contribution in [2.45, 2.75) is 27.7 Å². The van der Waals surface area contributed by atoms with E-state index in [1.165, 1.54) is 5.70 Å². The molecule has 0 atom stereocenters. The first kappa shape index (κ1) is 12.5. The molecule has 0 radical (unpaired) electrons. The highest BCUT2D eigenvalue weighted by atomic mass is 15.2. The van der Waals surface area contributed by atoms with Gasteiger partial charge in [0.25, 0.3) is 0 Å². The van der Waals surface area contributed by atoms with E-state index in [4.69, 9.17) is 0 Å². The summed E-state index contributed by atoms with van der Waals surface area (Å²) in [5.41, 5.74) is 1.38. The van der Waals surface area contributed by atoms with Gasteiger partial charge in [-0.15, -0.1) is 0 Å². The minimum Gasteiger partial charge on any atom is -0.374 e. The molecule has 0 saturated heterocycles. The first-order chi connectivity index (χ1) is 6.15. The zero-order chi connectivity index (χ0) is 10.3. The Morgan fingerprint density at radius 2 is 1.77 bits per heavy atom. The topological polar surface area (TPSA) is 6.48 Å². The molecule has 0 aromatic rings. The number of rotatable bonds is 6. The molecule has 0 aliphatic carbocycles. The summed E-state index contributed by atoms with van der Waals surface area (Å²) in [7, 11) is 2.17. The minimum atomic E-state index is 1.10. The Labute approximate surface area is 83.2 Å². The summed E-state index contributed by atoms with van der Waals surface area (Å²) in [6.45, 7) is 13.2. The highest BCUT2D eigenvalue weighted by Gasteiger charge is 2.02. The lowest BCUT2D eigenvalue weighted by atomic mass is 10.3. The summed E-state index contributed by atoms with van der Waals surface area (Å²) in [6, 6.07) is 0. The van der Waals surface area contributed by atoms with Crippen molar-refractivity contribution < 1.29 is 0 Å². The monoisotopic (exact) mass is 184 g/mol. The van der Waals surface area contributed by atoms with E-state index in [-0.39, 0.29) is 0 Å². The van der Waals surface area contributed by atoms with Gasteiger partial charge in [-0.3, -0.25) is 0 Å². The first-order valence-corrected chi connectivity index (χ1v) is 5.22. The molecule has 2 nitrogen and oxygen atoms in total. The van der Waals surface area contributed by atoms with Crippen LogP contribution in [0.5, 0.6) is 0 Å². The molecule has 0 aliphatic rings. The molecule has 0 aromatic heterocycles. The predicted octanol–water partition coefficient (Wildman–Crippen LogP) is 2.18. The molecule has 78 valence electrons. The lowest BCUT2D eigenvalue weighted by Gasteiger charge is -2.26. The molecule has 13 heavy (non-hydrogen) atoms. The van der Waals surface area contributed by atoms with Gasteiger partial charge in [-0.05, 0) is 34.4 Å². The van der Waals surface area contributed by atoms with Crippen molar-refractivity contribution in [1.29, 1.82) is 0 Å². The molecule has 0 saturated carbocycles. The van der Waals surface area contributed by atoms with Gasteiger partial charge >= 0.3 is 0 Å². The molecule has 0 amide bonds. The van der Waals surface area contributed by atoms with Crippen LogP contribution in [0.1, 0.15) is 27.7 Å². The van der Waals surface area contributed by atoms with Gasteiger partial charge < -0.3 is 9.80 Å². The summed E-state index contributed by atoms with van der Waals surface area (Å²) in [4.78, 5) is 4.75. The van der Waals surface area contributed by atoms with Crippen LogP contribution < -0.4 is 0 Å². The van der Waals surface area contributed by atoms with Crippen LogP contribution in [0.4, 0.5) is 0 Å². The third-order valence-electron chi connectivity index (χ3n) is 2.59. The average Bonchev–Trinajstić information content (AvgIpc) is 2.17. The lowest BCUT2D eigenvalue weighted by molar-refractivity contribution is 0.277. The van der Waals surface area contributed by atoms with Crippen LogP contribution >= 0.6 is 0 Å². The van der Waals surface area contributed by atoms with E-state index in [0.29, 0.717) is 0 Å². The van der Waals surface area contributed by atoms with Crippen LogP contribution in [0.3, 0.4) is 0 Å². The van der Waals surface area contributed by atoms with Crippen molar-refractivity contribution in [3.8, 4) is 0 Å². The zero-order valence-corrected chi connectivity index (χ0v) is 9.80. The molecule has 0 unspecified atom stereocenters. The van der Waals surface area contributed by atoms with Crippen LogP contribution in [-0.2, 0) is 0 Å². The molecule has 0 rings (SSSR count). The molecule has 0 N–H and O–H groups in total. The number of likely N-dealkylation sites (N-methyl/N-ethyl adjacent to an activating group) is 2. The summed E-state index contributed by atoms with van der Waals surface area (Å²) < 4.78 is 0. The standard InChI is InChI=1S/C11H24N2/c1-6-11(4)13(8-3)10-9-12(5)7-2/h6H,7-10H2,1-5H3. The molecule has 0 heterocycles. The average molecular weight is 184 g/mol. The van der Waals surface area contributed by atoms with E-state index >= 15 is 0 Å².